The van der Waals surface area contributed by atoms with Gasteiger partial charge in [-0.3, -0.25) is 4.57 Å². The maximum atomic E-state index is 13.7. The first kappa shape index (κ1) is 17.8. The van der Waals surface area contributed by atoms with E-state index in [1.165, 1.54) is 0 Å². The maximum absolute atomic E-state index is 13.7. The van der Waals surface area contributed by atoms with Crippen molar-refractivity contribution in [1.29, 1.82) is 0 Å². The van der Waals surface area contributed by atoms with E-state index in [0.29, 0.717) is 0 Å². The van der Waals surface area contributed by atoms with Gasteiger partial charge in [0.05, 0.1) is 16.8 Å². The SMILES string of the molecule is O=[P@@]1(Sc2c(F)c(F)c(F)c(F)c2F)OC[C@H](c2ccccc2)S1. The zero-order chi connectivity index (χ0) is 17.5. The number of hydrogen-bond donors (Lipinski definition) is 0. The van der Waals surface area contributed by atoms with Crippen molar-refractivity contribution in [3.05, 3.63) is 65.0 Å². The minimum Gasteiger partial charge on any atom is -0.312 e. The molecule has 1 aliphatic rings. The van der Waals surface area contributed by atoms with Crippen LogP contribution in [0.15, 0.2) is 35.2 Å². The average Bonchev–Trinajstić information content (AvgIpc) is 2.98. The number of rotatable bonds is 3. The second-order valence-electron chi connectivity index (χ2n) is 4.74. The lowest BCUT2D eigenvalue weighted by Crippen LogP contribution is -2.02. The Kier molecular flexibility index (Phi) is 4.97. The Morgan fingerprint density at radius 2 is 1.50 bits per heavy atom. The quantitative estimate of drug-likeness (QED) is 0.271. The molecule has 2 nitrogen and oxygen atoms in total. The van der Waals surface area contributed by atoms with Crippen LogP contribution in [0.3, 0.4) is 0 Å². The zero-order valence-corrected chi connectivity index (χ0v) is 14.2. The largest absolute Gasteiger partial charge is 0.318 e. The molecule has 2 atom stereocenters. The summed E-state index contributed by atoms with van der Waals surface area (Å²) in [5.41, 5.74) is 0.790. The lowest BCUT2D eigenvalue weighted by atomic mass is 10.2. The molecule has 10 heteroatoms. The van der Waals surface area contributed by atoms with Gasteiger partial charge in [-0.15, -0.1) is 0 Å². The fourth-order valence-electron chi connectivity index (χ4n) is 2.03. The van der Waals surface area contributed by atoms with Crippen LogP contribution in [0.5, 0.6) is 0 Å². The molecule has 0 aromatic heterocycles. The predicted molar refractivity (Wildman–Crippen MR) is 82.4 cm³/mol. The molecule has 3 rings (SSSR count). The second-order valence-corrected chi connectivity index (χ2v) is 12.0. The molecule has 1 saturated heterocycles. The van der Waals surface area contributed by atoms with Gasteiger partial charge >= 0.3 is 5.77 Å². The molecule has 0 N–H and O–H groups in total. The molecule has 0 radical (unpaired) electrons. The summed E-state index contributed by atoms with van der Waals surface area (Å²) in [5.74, 6) is -14.2. The molecular formula is C14H8F5O2PS2. The second kappa shape index (κ2) is 6.71. The Bertz CT molecular complexity index is 805. The van der Waals surface area contributed by atoms with Crippen LogP contribution in [0.4, 0.5) is 22.0 Å². The highest BCUT2D eigenvalue weighted by Crippen LogP contribution is 2.79. The van der Waals surface area contributed by atoms with E-state index in [2.05, 4.69) is 0 Å². The van der Waals surface area contributed by atoms with Gasteiger partial charge in [-0.25, -0.2) is 22.0 Å². The van der Waals surface area contributed by atoms with E-state index in [4.69, 9.17) is 4.52 Å². The fraction of sp³-hybridized carbons (Fsp3) is 0.143. The monoisotopic (exact) mass is 398 g/mol. The number of halogens is 5. The molecule has 1 aliphatic heterocycles. The van der Waals surface area contributed by atoms with Gasteiger partial charge in [0.1, 0.15) is 0 Å². The van der Waals surface area contributed by atoms with E-state index in [9.17, 15) is 26.5 Å². The third kappa shape index (κ3) is 3.22. The molecule has 0 saturated carbocycles. The van der Waals surface area contributed by atoms with Gasteiger partial charge in [0.2, 0.25) is 5.82 Å². The van der Waals surface area contributed by atoms with Crippen molar-refractivity contribution in [3.63, 3.8) is 0 Å². The Labute approximate surface area is 141 Å². The molecule has 1 fully saturated rings. The summed E-state index contributed by atoms with van der Waals surface area (Å²) >= 11 is 0.860. The van der Waals surface area contributed by atoms with Gasteiger partial charge in [0, 0.05) is 0 Å². The summed E-state index contributed by atoms with van der Waals surface area (Å²) < 4.78 is 84.7. The normalized spacial score (nSPS) is 23.6. The standard InChI is InChI=1S/C14H8F5O2PS2/c15-9-10(16)12(18)14(13(19)11(9)17)24-22(20)21-6-8(23-22)7-4-2-1-3-5-7/h1-5,8H,6H2/t8-,22-/m1/s1. The summed E-state index contributed by atoms with van der Waals surface area (Å²) in [6.45, 7) is 0.00829. The van der Waals surface area contributed by atoms with E-state index in [1.807, 2.05) is 0 Å². The van der Waals surface area contributed by atoms with Crippen LogP contribution >= 0.6 is 28.5 Å². The summed E-state index contributed by atoms with van der Waals surface area (Å²) in [7, 11) is 0. The first-order valence-electron chi connectivity index (χ1n) is 6.51. The molecule has 128 valence electrons. The summed E-state index contributed by atoms with van der Waals surface area (Å²) in [4.78, 5) is -1.20. The summed E-state index contributed by atoms with van der Waals surface area (Å²) in [6, 6.07) is 8.83. The van der Waals surface area contributed by atoms with Gasteiger partial charge in [-0.05, 0) is 28.3 Å². The molecular weight excluding hydrogens is 390 g/mol. The smallest absolute Gasteiger partial charge is 0.312 e. The lowest BCUT2D eigenvalue weighted by Gasteiger charge is -2.12. The van der Waals surface area contributed by atoms with E-state index in [1.54, 1.807) is 30.3 Å². The molecule has 0 bridgehead atoms. The van der Waals surface area contributed by atoms with Gasteiger partial charge in [-0.2, -0.15) is 0 Å². The van der Waals surface area contributed by atoms with Crippen LogP contribution in [0.2, 0.25) is 0 Å². The van der Waals surface area contributed by atoms with Crippen molar-refractivity contribution < 1.29 is 31.0 Å². The Balaban J connectivity index is 1.89. The van der Waals surface area contributed by atoms with Gasteiger partial charge in [-0.1, -0.05) is 30.3 Å². The van der Waals surface area contributed by atoms with Crippen molar-refractivity contribution in [2.24, 2.45) is 0 Å². The summed E-state index contributed by atoms with van der Waals surface area (Å²) in [6.07, 6.45) is 0. The third-order valence-electron chi connectivity index (χ3n) is 3.18. The molecule has 0 amide bonds. The van der Waals surface area contributed by atoms with E-state index in [0.717, 1.165) is 16.9 Å². The van der Waals surface area contributed by atoms with Crippen LogP contribution in [-0.4, -0.2) is 6.61 Å². The highest BCUT2D eigenvalue weighted by molar-refractivity contribution is 8.89. The van der Waals surface area contributed by atoms with E-state index in [-0.39, 0.29) is 23.2 Å². The van der Waals surface area contributed by atoms with Gasteiger partial charge in [0.25, 0.3) is 0 Å². The van der Waals surface area contributed by atoms with Crippen molar-refractivity contribution in [2.45, 2.75) is 10.1 Å². The lowest BCUT2D eigenvalue weighted by molar-refractivity contribution is 0.347. The molecule has 2 aromatic carbocycles. The molecule has 24 heavy (non-hydrogen) atoms. The Morgan fingerprint density at radius 3 is 2.08 bits per heavy atom. The predicted octanol–water partition coefficient (Wildman–Crippen LogP) is 6.09. The van der Waals surface area contributed by atoms with Crippen molar-refractivity contribution in [3.8, 4) is 0 Å². The van der Waals surface area contributed by atoms with Crippen LogP contribution < -0.4 is 0 Å². The minimum atomic E-state index is -3.72. The Morgan fingerprint density at radius 1 is 0.958 bits per heavy atom. The van der Waals surface area contributed by atoms with Crippen LogP contribution in [0.1, 0.15) is 10.8 Å². The van der Waals surface area contributed by atoms with Gasteiger partial charge < -0.3 is 4.52 Å². The minimum absolute atomic E-state index is 0.00829. The topological polar surface area (TPSA) is 26.3 Å². The molecule has 0 spiro atoms. The zero-order valence-electron chi connectivity index (χ0n) is 11.6. The molecule has 1 heterocycles. The molecule has 2 aromatic rings. The highest BCUT2D eigenvalue weighted by Gasteiger charge is 2.41. The highest BCUT2D eigenvalue weighted by atomic mass is 33.1. The van der Waals surface area contributed by atoms with Crippen molar-refractivity contribution >= 4 is 28.5 Å². The fourth-order valence-corrected chi connectivity index (χ4v) is 9.36. The first-order valence-corrected chi connectivity index (χ1v) is 11.0. The van der Waals surface area contributed by atoms with Crippen molar-refractivity contribution in [2.75, 3.05) is 6.61 Å². The van der Waals surface area contributed by atoms with Crippen LogP contribution in [-0.2, 0) is 9.09 Å². The van der Waals surface area contributed by atoms with Gasteiger partial charge in [0.15, 0.2) is 23.3 Å². The number of hydrogen-bond acceptors (Lipinski definition) is 4. The van der Waals surface area contributed by atoms with Crippen LogP contribution in [0.25, 0.3) is 0 Å². The molecule has 0 aliphatic carbocycles. The van der Waals surface area contributed by atoms with Crippen molar-refractivity contribution in [1.82, 2.24) is 0 Å². The Hall–Kier alpha value is -1.02. The van der Waals surface area contributed by atoms with E-state index < -0.39 is 39.8 Å². The molecule has 0 unspecified atom stereocenters. The van der Waals surface area contributed by atoms with Crippen LogP contribution in [0, 0.1) is 29.1 Å². The maximum Gasteiger partial charge on any atom is 0.318 e. The van der Waals surface area contributed by atoms with E-state index >= 15 is 0 Å². The summed E-state index contributed by atoms with van der Waals surface area (Å²) in [5, 5.41) is -0.356. The first-order chi connectivity index (χ1) is 11.3. The third-order valence-corrected chi connectivity index (χ3v) is 10.2. The number of benzene rings is 2. The average molecular weight is 398 g/mol.